The Morgan fingerprint density at radius 2 is 2.00 bits per heavy atom. The zero-order valence-corrected chi connectivity index (χ0v) is 24.1. The largest absolute Gasteiger partial charge is 0.444 e. The Morgan fingerprint density at radius 3 is 2.60 bits per heavy atom. The van der Waals surface area contributed by atoms with Crippen molar-refractivity contribution in [3.05, 3.63) is 57.6 Å². The zero-order chi connectivity index (χ0) is 29.2. The number of amides is 1. The van der Waals surface area contributed by atoms with Gasteiger partial charge < -0.3 is 25.6 Å². The molecule has 4 rings (SSSR count). The second kappa shape index (κ2) is 11.3. The van der Waals surface area contributed by atoms with E-state index in [1.165, 1.54) is 0 Å². The number of aryl methyl sites for hydroxylation is 1. The van der Waals surface area contributed by atoms with Crippen molar-refractivity contribution in [1.82, 2.24) is 15.5 Å². The van der Waals surface area contributed by atoms with Gasteiger partial charge in [-0.1, -0.05) is 31.8 Å². The second-order valence-electron chi connectivity index (χ2n) is 12.0. The molecule has 1 amide bonds. The predicted octanol–water partition coefficient (Wildman–Crippen LogP) is 4.67. The number of hydrogen-bond donors (Lipinski definition) is 4. The first-order valence-corrected chi connectivity index (χ1v) is 13.8. The summed E-state index contributed by atoms with van der Waals surface area (Å²) >= 11 is 0. The summed E-state index contributed by atoms with van der Waals surface area (Å²) in [6, 6.07) is 8.14. The van der Waals surface area contributed by atoms with E-state index in [2.05, 4.69) is 33.4 Å². The Bertz CT molecular complexity index is 1410. The standard InChI is InChI=1S/C31H39N5O4/c1-18(2)31(25(16-32)27(33)39-28-26(31)19(3)35-36-28)23-14-21(13-22(15-23)17-37)8-7-20-9-11-24(12-10-20)34-29(38)40-30(4,5)6/h13-15,18,20,24,37H,9-12,17,33H2,1-6H3,(H,34,38)(H,35,36)/t20-,24-,31?. The number of benzene rings is 1. The molecule has 0 spiro atoms. The van der Waals surface area contributed by atoms with Crippen molar-refractivity contribution < 1.29 is 19.4 Å². The molecular formula is C31H39N5O4. The van der Waals surface area contributed by atoms with Crippen LogP contribution >= 0.6 is 0 Å². The Morgan fingerprint density at radius 1 is 1.30 bits per heavy atom. The van der Waals surface area contributed by atoms with Gasteiger partial charge in [-0.3, -0.25) is 0 Å². The van der Waals surface area contributed by atoms with Crippen molar-refractivity contribution in [2.45, 2.75) is 90.9 Å². The number of rotatable bonds is 4. The van der Waals surface area contributed by atoms with Crippen LogP contribution in [0.15, 0.2) is 29.7 Å². The number of hydrogen-bond acceptors (Lipinski definition) is 7. The zero-order valence-electron chi connectivity index (χ0n) is 24.1. The SMILES string of the molecule is Cc1n[nH]c2c1C(c1cc(C#C[C@H]3CC[C@H](NC(=O)OC(C)(C)C)CC3)cc(CO)c1)(C(C)C)C(C#N)=C(N)O2. The van der Waals surface area contributed by atoms with Crippen LogP contribution in [0.3, 0.4) is 0 Å². The minimum absolute atomic E-state index is 0.0335. The van der Waals surface area contributed by atoms with Crippen LogP contribution in [-0.2, 0) is 16.8 Å². The van der Waals surface area contributed by atoms with E-state index < -0.39 is 11.0 Å². The van der Waals surface area contributed by atoms with Crippen molar-refractivity contribution in [2.75, 3.05) is 0 Å². The molecule has 1 unspecified atom stereocenters. The van der Waals surface area contributed by atoms with Crippen LogP contribution in [0.25, 0.3) is 0 Å². The number of fused-ring (bicyclic) bond motifs is 1. The average molecular weight is 546 g/mol. The number of carbonyl (C=O) groups is 1. The number of aromatic nitrogens is 2. The number of aliphatic hydroxyl groups excluding tert-OH is 1. The van der Waals surface area contributed by atoms with Crippen LogP contribution < -0.4 is 15.8 Å². The molecule has 212 valence electrons. The number of alkyl carbamates (subject to hydrolysis) is 1. The third-order valence-electron chi connectivity index (χ3n) is 7.64. The summed E-state index contributed by atoms with van der Waals surface area (Å²) in [7, 11) is 0. The molecule has 9 heteroatoms. The van der Waals surface area contributed by atoms with Gasteiger partial charge in [0, 0.05) is 17.5 Å². The average Bonchev–Trinajstić information content (AvgIpc) is 3.25. The molecule has 9 nitrogen and oxygen atoms in total. The van der Waals surface area contributed by atoms with Gasteiger partial charge in [0.1, 0.15) is 17.2 Å². The molecule has 1 aliphatic heterocycles. The molecule has 1 atom stereocenters. The molecule has 2 aliphatic rings. The highest BCUT2D eigenvalue weighted by atomic mass is 16.6. The fourth-order valence-corrected chi connectivity index (χ4v) is 5.90. The number of nitrogens with zero attached hydrogens (tertiary/aromatic N) is 2. The van der Waals surface area contributed by atoms with Crippen LogP contribution in [0, 0.1) is 41.9 Å². The van der Waals surface area contributed by atoms with E-state index in [0.29, 0.717) is 22.7 Å². The number of nitrogens with two attached hydrogens (primary N) is 1. The van der Waals surface area contributed by atoms with Crippen molar-refractivity contribution >= 4 is 6.09 Å². The Balaban J connectivity index is 1.64. The van der Waals surface area contributed by atoms with E-state index in [1.807, 2.05) is 59.7 Å². The number of ether oxygens (including phenoxy) is 2. The first-order valence-electron chi connectivity index (χ1n) is 13.8. The highest BCUT2D eigenvalue weighted by Gasteiger charge is 2.50. The van der Waals surface area contributed by atoms with Gasteiger partial charge in [0.15, 0.2) is 0 Å². The lowest BCUT2D eigenvalue weighted by molar-refractivity contribution is 0.0490. The van der Waals surface area contributed by atoms with E-state index >= 15 is 0 Å². The maximum atomic E-state index is 12.1. The summed E-state index contributed by atoms with van der Waals surface area (Å²) in [6.07, 6.45) is 3.00. The smallest absolute Gasteiger partial charge is 0.407 e. The number of nitriles is 1. The van der Waals surface area contributed by atoms with Crippen molar-refractivity contribution in [3.8, 4) is 23.8 Å². The topological polar surface area (TPSA) is 146 Å². The third-order valence-corrected chi connectivity index (χ3v) is 7.64. The summed E-state index contributed by atoms with van der Waals surface area (Å²) in [4.78, 5) is 12.1. The Kier molecular flexibility index (Phi) is 8.18. The Hall–Kier alpha value is -3.95. The van der Waals surface area contributed by atoms with E-state index in [1.54, 1.807) is 0 Å². The van der Waals surface area contributed by atoms with Gasteiger partial charge in [-0.25, -0.2) is 9.89 Å². The van der Waals surface area contributed by atoms with Gasteiger partial charge in [0.05, 0.1) is 23.3 Å². The molecule has 1 aromatic carbocycles. The van der Waals surface area contributed by atoms with E-state index in [-0.39, 0.29) is 36.5 Å². The molecule has 1 aromatic heterocycles. The fraction of sp³-hybridized carbons (Fsp3) is 0.516. The second-order valence-corrected chi connectivity index (χ2v) is 12.0. The maximum Gasteiger partial charge on any atom is 0.407 e. The van der Waals surface area contributed by atoms with Crippen molar-refractivity contribution in [1.29, 1.82) is 5.26 Å². The molecule has 1 fully saturated rings. The molecule has 40 heavy (non-hydrogen) atoms. The quantitative estimate of drug-likeness (QED) is 0.408. The van der Waals surface area contributed by atoms with Crippen LogP contribution in [-0.4, -0.2) is 33.0 Å². The van der Waals surface area contributed by atoms with Crippen LogP contribution in [0.4, 0.5) is 4.79 Å². The van der Waals surface area contributed by atoms with Gasteiger partial charge in [-0.2, -0.15) is 10.4 Å². The van der Waals surface area contributed by atoms with E-state index in [9.17, 15) is 15.2 Å². The highest BCUT2D eigenvalue weighted by Crippen LogP contribution is 2.52. The van der Waals surface area contributed by atoms with Crippen molar-refractivity contribution in [3.63, 3.8) is 0 Å². The number of aromatic amines is 1. The lowest BCUT2D eigenvalue weighted by Crippen LogP contribution is -2.41. The monoisotopic (exact) mass is 545 g/mol. The summed E-state index contributed by atoms with van der Waals surface area (Å²) in [5.74, 6) is 7.29. The fourth-order valence-electron chi connectivity index (χ4n) is 5.90. The molecule has 0 bridgehead atoms. The minimum Gasteiger partial charge on any atom is -0.444 e. The first kappa shape index (κ1) is 29.0. The third kappa shape index (κ3) is 5.66. The summed E-state index contributed by atoms with van der Waals surface area (Å²) in [5, 5.41) is 30.6. The number of carbonyl (C=O) groups excluding carboxylic acids is 1. The van der Waals surface area contributed by atoms with Gasteiger partial charge in [0.2, 0.25) is 11.8 Å². The number of allylic oxidation sites excluding steroid dienone is 1. The molecule has 1 saturated carbocycles. The molecule has 1 aliphatic carbocycles. The van der Waals surface area contributed by atoms with E-state index in [4.69, 9.17) is 15.2 Å². The van der Waals surface area contributed by atoms with Crippen LogP contribution in [0.2, 0.25) is 0 Å². The van der Waals surface area contributed by atoms with Gasteiger partial charge in [0.25, 0.3) is 0 Å². The summed E-state index contributed by atoms with van der Waals surface area (Å²) < 4.78 is 11.1. The number of aliphatic hydroxyl groups is 1. The molecular weight excluding hydrogens is 506 g/mol. The van der Waals surface area contributed by atoms with E-state index in [0.717, 1.165) is 42.4 Å². The highest BCUT2D eigenvalue weighted by molar-refractivity contribution is 5.68. The molecule has 0 radical (unpaired) electrons. The summed E-state index contributed by atoms with van der Waals surface area (Å²) in [5.41, 5.74) is 8.84. The van der Waals surface area contributed by atoms with Gasteiger partial charge in [-0.05, 0) is 82.6 Å². The Labute approximate surface area is 236 Å². The minimum atomic E-state index is -0.934. The number of H-pyrrole nitrogens is 1. The lowest BCUT2D eigenvalue weighted by atomic mass is 9.61. The number of nitrogens with one attached hydrogen (secondary N) is 2. The molecule has 2 heterocycles. The molecule has 2 aromatic rings. The molecule has 5 N–H and O–H groups in total. The van der Waals surface area contributed by atoms with Crippen LogP contribution in [0.1, 0.15) is 88.2 Å². The summed E-state index contributed by atoms with van der Waals surface area (Å²) in [6.45, 7) is 11.3. The van der Waals surface area contributed by atoms with Crippen LogP contribution in [0.5, 0.6) is 5.88 Å². The maximum absolute atomic E-state index is 12.1. The van der Waals surface area contributed by atoms with Gasteiger partial charge >= 0.3 is 6.09 Å². The lowest BCUT2D eigenvalue weighted by Gasteiger charge is -2.41. The normalized spacial score (nSPS) is 22.5. The van der Waals surface area contributed by atoms with Crippen molar-refractivity contribution in [2.24, 2.45) is 17.6 Å². The molecule has 0 saturated heterocycles. The first-order chi connectivity index (χ1) is 18.9. The van der Waals surface area contributed by atoms with Gasteiger partial charge in [-0.15, -0.1) is 0 Å². The predicted molar refractivity (Wildman–Crippen MR) is 151 cm³/mol.